The van der Waals surface area contributed by atoms with E-state index in [9.17, 15) is 9.59 Å². The average Bonchev–Trinajstić information content (AvgIpc) is 3.12. The van der Waals surface area contributed by atoms with E-state index in [2.05, 4.69) is 0 Å². The van der Waals surface area contributed by atoms with Crippen LogP contribution in [-0.4, -0.2) is 40.8 Å². The summed E-state index contributed by atoms with van der Waals surface area (Å²) in [6.07, 6.45) is -1.88. The van der Waals surface area contributed by atoms with E-state index < -0.39 is 35.9 Å². The number of hydrogen-bond acceptors (Lipinski definition) is 5. The molecule has 1 fully saturated rings. The summed E-state index contributed by atoms with van der Waals surface area (Å²) in [5, 5.41) is 0. The number of benzene rings is 3. The zero-order valence-electron chi connectivity index (χ0n) is 21.0. The van der Waals surface area contributed by atoms with E-state index in [1.54, 1.807) is 20.8 Å². The second kappa shape index (κ2) is 11.5. The third kappa shape index (κ3) is 6.59. The van der Waals surface area contributed by atoms with Gasteiger partial charge in [-0.2, -0.15) is 0 Å². The lowest BCUT2D eigenvalue weighted by atomic mass is 10.0. The highest BCUT2D eigenvalue weighted by Gasteiger charge is 2.53. The third-order valence-corrected chi connectivity index (χ3v) is 5.93. The van der Waals surface area contributed by atoms with Gasteiger partial charge in [-0.15, -0.1) is 0 Å². The van der Waals surface area contributed by atoms with Crippen LogP contribution in [-0.2, 0) is 38.6 Å². The summed E-state index contributed by atoms with van der Waals surface area (Å²) in [4.78, 5) is 28.2. The molecule has 0 N–H and O–H groups in total. The van der Waals surface area contributed by atoms with Crippen molar-refractivity contribution in [2.45, 2.75) is 64.3 Å². The molecule has 0 bridgehead atoms. The van der Waals surface area contributed by atoms with E-state index in [4.69, 9.17) is 14.2 Å². The van der Waals surface area contributed by atoms with Crippen molar-refractivity contribution < 1.29 is 23.8 Å². The Morgan fingerprint density at radius 1 is 0.750 bits per heavy atom. The first-order chi connectivity index (χ1) is 17.3. The largest absolute Gasteiger partial charge is 0.443 e. The number of ether oxygens (including phenoxy) is 3. The molecule has 1 aliphatic rings. The van der Waals surface area contributed by atoms with Crippen LogP contribution in [0.1, 0.15) is 37.5 Å². The van der Waals surface area contributed by atoms with Crippen LogP contribution < -0.4 is 0 Å². The van der Waals surface area contributed by atoms with Gasteiger partial charge in [0.15, 0.2) is 6.10 Å². The number of likely N-dealkylation sites (tertiary alicyclic amines) is 1. The molecule has 0 unspecified atom stereocenters. The fraction of sp³-hybridized carbons (Fsp3) is 0.333. The maximum Gasteiger partial charge on any atom is 0.417 e. The molecule has 188 valence electrons. The van der Waals surface area contributed by atoms with Gasteiger partial charge in [0.2, 0.25) is 0 Å². The Morgan fingerprint density at radius 2 is 1.22 bits per heavy atom. The van der Waals surface area contributed by atoms with E-state index in [-0.39, 0.29) is 13.2 Å². The first-order valence-corrected chi connectivity index (χ1v) is 12.2. The van der Waals surface area contributed by atoms with Crippen molar-refractivity contribution >= 4 is 12.0 Å². The van der Waals surface area contributed by atoms with Crippen molar-refractivity contribution in [3.63, 3.8) is 0 Å². The lowest BCUT2D eigenvalue weighted by Crippen LogP contribution is -2.45. The molecule has 3 atom stereocenters. The molecular weight excluding hydrogens is 454 g/mol. The van der Waals surface area contributed by atoms with Gasteiger partial charge in [-0.1, -0.05) is 91.0 Å². The summed E-state index contributed by atoms with van der Waals surface area (Å²) in [6.45, 7) is 5.86. The number of carbonyl (C=O) groups is 2. The van der Waals surface area contributed by atoms with Gasteiger partial charge in [0.1, 0.15) is 11.7 Å². The molecule has 3 aromatic carbocycles. The second-order valence-electron chi connectivity index (χ2n) is 9.92. The van der Waals surface area contributed by atoms with E-state index in [1.165, 1.54) is 4.90 Å². The van der Waals surface area contributed by atoms with Crippen LogP contribution in [0.3, 0.4) is 0 Å². The molecule has 1 aliphatic heterocycles. The van der Waals surface area contributed by atoms with Gasteiger partial charge in [0, 0.05) is 0 Å². The number of rotatable bonds is 8. The van der Waals surface area contributed by atoms with Crippen LogP contribution in [0.15, 0.2) is 91.0 Å². The van der Waals surface area contributed by atoms with E-state index in [0.717, 1.165) is 16.7 Å². The predicted octanol–water partition coefficient (Wildman–Crippen LogP) is 5.55. The van der Waals surface area contributed by atoms with Gasteiger partial charge in [-0.05, 0) is 43.9 Å². The molecule has 6 nitrogen and oxygen atoms in total. The highest BCUT2D eigenvalue weighted by molar-refractivity contribution is 5.97. The zero-order chi connectivity index (χ0) is 25.5. The summed E-state index contributed by atoms with van der Waals surface area (Å²) < 4.78 is 18.2. The summed E-state index contributed by atoms with van der Waals surface area (Å²) in [5.41, 5.74) is 2.14. The topological polar surface area (TPSA) is 65.1 Å². The highest BCUT2D eigenvalue weighted by Crippen LogP contribution is 2.31. The maximum atomic E-state index is 13.7. The number of hydrogen-bond donors (Lipinski definition) is 0. The molecule has 0 aliphatic carbocycles. The molecule has 2 amide bonds. The Morgan fingerprint density at radius 3 is 1.72 bits per heavy atom. The van der Waals surface area contributed by atoms with Gasteiger partial charge in [0.05, 0.1) is 19.3 Å². The number of nitrogens with zero attached hydrogens (tertiary/aromatic N) is 1. The van der Waals surface area contributed by atoms with Crippen LogP contribution in [0, 0.1) is 0 Å². The fourth-order valence-corrected chi connectivity index (χ4v) is 4.28. The van der Waals surface area contributed by atoms with Crippen molar-refractivity contribution in [1.82, 2.24) is 4.90 Å². The standard InChI is InChI=1S/C30H33NO5/c1-30(2,3)36-29(33)31-25(19-22-13-7-4-8-14-22)26(34-20-23-15-9-5-10-16-23)27(28(31)32)35-21-24-17-11-6-12-18-24/h4-18,25-27H,19-21H2,1-3H3/t25-,26+,27-/m0/s1. The van der Waals surface area contributed by atoms with Gasteiger partial charge in [-0.3, -0.25) is 4.79 Å². The molecule has 36 heavy (non-hydrogen) atoms. The predicted molar refractivity (Wildman–Crippen MR) is 137 cm³/mol. The van der Waals surface area contributed by atoms with Crippen LogP contribution in [0.5, 0.6) is 0 Å². The highest BCUT2D eigenvalue weighted by atomic mass is 16.6. The molecule has 1 heterocycles. The molecule has 0 saturated carbocycles. The Labute approximate surface area is 212 Å². The average molecular weight is 488 g/mol. The minimum atomic E-state index is -0.949. The quantitative estimate of drug-likeness (QED) is 0.417. The van der Waals surface area contributed by atoms with Gasteiger partial charge >= 0.3 is 6.09 Å². The van der Waals surface area contributed by atoms with Gasteiger partial charge in [0.25, 0.3) is 5.91 Å². The number of imide groups is 1. The van der Waals surface area contributed by atoms with Crippen LogP contribution in [0.25, 0.3) is 0 Å². The van der Waals surface area contributed by atoms with Crippen LogP contribution in [0.2, 0.25) is 0 Å². The van der Waals surface area contributed by atoms with Crippen molar-refractivity contribution in [3.05, 3.63) is 108 Å². The molecule has 3 aromatic rings. The van der Waals surface area contributed by atoms with E-state index in [0.29, 0.717) is 6.42 Å². The van der Waals surface area contributed by atoms with E-state index in [1.807, 2.05) is 91.0 Å². The van der Waals surface area contributed by atoms with E-state index >= 15 is 0 Å². The van der Waals surface area contributed by atoms with Crippen molar-refractivity contribution in [2.24, 2.45) is 0 Å². The Kier molecular flexibility index (Phi) is 8.18. The molecule has 0 spiro atoms. The molecule has 0 radical (unpaired) electrons. The minimum Gasteiger partial charge on any atom is -0.443 e. The minimum absolute atomic E-state index is 0.225. The van der Waals surface area contributed by atoms with Gasteiger partial charge < -0.3 is 14.2 Å². The smallest absolute Gasteiger partial charge is 0.417 e. The first-order valence-electron chi connectivity index (χ1n) is 12.2. The Hall–Kier alpha value is -3.48. The molecule has 0 aromatic heterocycles. The summed E-state index contributed by atoms with van der Waals surface area (Å²) >= 11 is 0. The summed E-state index contributed by atoms with van der Waals surface area (Å²) in [5.74, 6) is -0.445. The van der Waals surface area contributed by atoms with Crippen LogP contribution >= 0.6 is 0 Å². The normalized spacial score (nSPS) is 19.9. The molecule has 4 rings (SSSR count). The van der Waals surface area contributed by atoms with Crippen molar-refractivity contribution in [2.75, 3.05) is 0 Å². The second-order valence-corrected chi connectivity index (χ2v) is 9.92. The molecule has 1 saturated heterocycles. The lowest BCUT2D eigenvalue weighted by Gasteiger charge is -2.29. The Balaban J connectivity index is 1.65. The first kappa shape index (κ1) is 25.6. The van der Waals surface area contributed by atoms with Crippen LogP contribution in [0.4, 0.5) is 4.79 Å². The zero-order valence-corrected chi connectivity index (χ0v) is 21.0. The molecule has 6 heteroatoms. The third-order valence-electron chi connectivity index (χ3n) is 5.93. The fourth-order valence-electron chi connectivity index (χ4n) is 4.28. The van der Waals surface area contributed by atoms with Gasteiger partial charge in [-0.25, -0.2) is 9.69 Å². The molecular formula is C30H33NO5. The summed E-state index contributed by atoms with van der Waals surface area (Å²) in [7, 11) is 0. The Bertz CT molecular complexity index is 1130. The lowest BCUT2D eigenvalue weighted by molar-refractivity contribution is -0.141. The van der Waals surface area contributed by atoms with Crippen molar-refractivity contribution in [3.8, 4) is 0 Å². The number of amides is 2. The SMILES string of the molecule is CC(C)(C)OC(=O)N1C(=O)[C@@H](OCc2ccccc2)[C@H](OCc2ccccc2)[C@@H]1Cc1ccccc1. The maximum absolute atomic E-state index is 13.7. The van der Waals surface area contributed by atoms with Crippen molar-refractivity contribution in [1.29, 1.82) is 0 Å². The summed E-state index contributed by atoms with van der Waals surface area (Å²) in [6, 6.07) is 28.6. The number of carbonyl (C=O) groups excluding carboxylic acids is 2. The monoisotopic (exact) mass is 487 g/mol.